The molecular formula is C9H17N3O. The van der Waals surface area contributed by atoms with E-state index in [-0.39, 0.29) is 6.10 Å². The smallest absolute Gasteiger partial charge is 0.124 e. The van der Waals surface area contributed by atoms with Crippen molar-refractivity contribution in [3.8, 4) is 0 Å². The van der Waals surface area contributed by atoms with Crippen LogP contribution < -0.4 is 4.90 Å². The summed E-state index contributed by atoms with van der Waals surface area (Å²) in [5.74, 6) is 1.00. The average molecular weight is 183 g/mol. The zero-order valence-corrected chi connectivity index (χ0v) is 8.20. The molecule has 1 aliphatic rings. The van der Waals surface area contributed by atoms with Crippen molar-refractivity contribution in [2.24, 2.45) is 0 Å². The summed E-state index contributed by atoms with van der Waals surface area (Å²) in [5.41, 5.74) is 0. The number of β-amino-alcohol motifs (C(OH)–C–C–N with tert-alkyl or cyclic N) is 1. The van der Waals surface area contributed by atoms with Gasteiger partial charge in [-0.05, 0) is 6.42 Å². The van der Waals surface area contributed by atoms with Crippen LogP contribution in [-0.2, 0) is 0 Å². The van der Waals surface area contributed by atoms with Gasteiger partial charge in [0.05, 0.1) is 12.3 Å². The van der Waals surface area contributed by atoms with Crippen LogP contribution in [0.4, 0.5) is 5.82 Å². The SMILES string of the molecule is CC.OC1CCN(c2ccn[nH]2)C1. The van der Waals surface area contributed by atoms with Gasteiger partial charge in [0.25, 0.3) is 0 Å². The number of rotatable bonds is 1. The maximum absolute atomic E-state index is 9.22. The second kappa shape index (κ2) is 4.87. The average Bonchev–Trinajstić information content (AvgIpc) is 2.77. The number of H-pyrrole nitrogens is 1. The molecule has 1 atom stereocenters. The fraction of sp³-hybridized carbons (Fsp3) is 0.667. The number of aliphatic hydroxyl groups excluding tert-OH is 1. The van der Waals surface area contributed by atoms with Crippen molar-refractivity contribution in [1.29, 1.82) is 0 Å². The highest BCUT2D eigenvalue weighted by Crippen LogP contribution is 2.16. The van der Waals surface area contributed by atoms with Crippen molar-refractivity contribution < 1.29 is 5.11 Å². The number of aromatic amines is 1. The Morgan fingerprint density at radius 2 is 2.38 bits per heavy atom. The lowest BCUT2D eigenvalue weighted by molar-refractivity contribution is 0.198. The second-order valence-electron chi connectivity index (χ2n) is 2.83. The van der Waals surface area contributed by atoms with Crippen LogP contribution in [0.3, 0.4) is 0 Å². The molecule has 0 amide bonds. The molecule has 1 saturated heterocycles. The quantitative estimate of drug-likeness (QED) is 0.683. The van der Waals surface area contributed by atoms with E-state index in [1.807, 2.05) is 19.9 Å². The third-order valence-electron chi connectivity index (χ3n) is 1.99. The molecule has 4 nitrogen and oxygen atoms in total. The molecule has 0 radical (unpaired) electrons. The van der Waals surface area contributed by atoms with E-state index in [1.165, 1.54) is 0 Å². The summed E-state index contributed by atoms with van der Waals surface area (Å²) < 4.78 is 0. The van der Waals surface area contributed by atoms with Crippen LogP contribution >= 0.6 is 0 Å². The number of anilines is 1. The summed E-state index contributed by atoms with van der Waals surface area (Å²) in [6.45, 7) is 5.64. The van der Waals surface area contributed by atoms with E-state index >= 15 is 0 Å². The second-order valence-corrected chi connectivity index (χ2v) is 2.83. The molecule has 74 valence electrons. The maximum Gasteiger partial charge on any atom is 0.124 e. The predicted molar refractivity (Wildman–Crippen MR) is 52.8 cm³/mol. The third kappa shape index (κ3) is 2.45. The fourth-order valence-corrected chi connectivity index (χ4v) is 1.39. The topological polar surface area (TPSA) is 52.1 Å². The Kier molecular flexibility index (Phi) is 3.76. The summed E-state index contributed by atoms with van der Waals surface area (Å²) in [6, 6.07) is 1.91. The lowest BCUT2D eigenvalue weighted by Crippen LogP contribution is -2.21. The molecule has 0 spiro atoms. The van der Waals surface area contributed by atoms with Crippen LogP contribution in [0.25, 0.3) is 0 Å². The van der Waals surface area contributed by atoms with Crippen molar-refractivity contribution in [1.82, 2.24) is 10.2 Å². The Morgan fingerprint density at radius 3 is 2.85 bits per heavy atom. The number of aromatic nitrogens is 2. The Hall–Kier alpha value is -1.03. The van der Waals surface area contributed by atoms with Gasteiger partial charge in [-0.2, -0.15) is 5.10 Å². The number of aliphatic hydroxyl groups is 1. The molecule has 1 aromatic rings. The van der Waals surface area contributed by atoms with Gasteiger partial charge in [-0.1, -0.05) is 13.8 Å². The van der Waals surface area contributed by atoms with Gasteiger partial charge in [0.15, 0.2) is 0 Å². The normalized spacial score (nSPS) is 21.2. The summed E-state index contributed by atoms with van der Waals surface area (Å²) in [6.07, 6.45) is 2.41. The summed E-state index contributed by atoms with van der Waals surface area (Å²) >= 11 is 0. The van der Waals surface area contributed by atoms with Crippen molar-refractivity contribution >= 4 is 5.82 Å². The largest absolute Gasteiger partial charge is 0.391 e. The highest BCUT2D eigenvalue weighted by atomic mass is 16.3. The van der Waals surface area contributed by atoms with E-state index in [1.54, 1.807) is 6.20 Å². The van der Waals surface area contributed by atoms with E-state index in [0.29, 0.717) is 0 Å². The fourth-order valence-electron chi connectivity index (χ4n) is 1.39. The van der Waals surface area contributed by atoms with Gasteiger partial charge in [-0.15, -0.1) is 0 Å². The van der Waals surface area contributed by atoms with Gasteiger partial charge in [0, 0.05) is 19.2 Å². The minimum atomic E-state index is -0.168. The molecule has 2 N–H and O–H groups in total. The molecule has 1 aliphatic heterocycles. The minimum absolute atomic E-state index is 0.168. The van der Waals surface area contributed by atoms with E-state index in [0.717, 1.165) is 25.3 Å². The highest BCUT2D eigenvalue weighted by Gasteiger charge is 2.20. The minimum Gasteiger partial charge on any atom is -0.391 e. The predicted octanol–water partition coefficient (Wildman–Crippen LogP) is 1.01. The van der Waals surface area contributed by atoms with Crippen molar-refractivity contribution in [2.45, 2.75) is 26.4 Å². The standard InChI is InChI=1S/C7H11N3O.C2H6/c11-6-2-4-10(5-6)7-1-3-8-9-7;1-2/h1,3,6,11H,2,4-5H2,(H,8,9);1-2H3. The van der Waals surface area contributed by atoms with Crippen molar-refractivity contribution in [3.63, 3.8) is 0 Å². The Morgan fingerprint density at radius 1 is 1.62 bits per heavy atom. The number of hydrogen-bond donors (Lipinski definition) is 2. The van der Waals surface area contributed by atoms with Gasteiger partial charge in [0.2, 0.25) is 0 Å². The summed E-state index contributed by atoms with van der Waals surface area (Å²) in [4.78, 5) is 2.09. The molecule has 1 aromatic heterocycles. The van der Waals surface area contributed by atoms with Crippen LogP contribution in [-0.4, -0.2) is 34.5 Å². The van der Waals surface area contributed by atoms with Crippen LogP contribution in [0, 0.1) is 0 Å². The maximum atomic E-state index is 9.22. The molecule has 13 heavy (non-hydrogen) atoms. The number of nitrogens with zero attached hydrogens (tertiary/aromatic N) is 2. The van der Waals surface area contributed by atoms with Gasteiger partial charge in [0.1, 0.15) is 5.82 Å². The Labute approximate surface area is 78.6 Å². The van der Waals surface area contributed by atoms with Crippen molar-refractivity contribution in [3.05, 3.63) is 12.3 Å². The molecule has 1 unspecified atom stereocenters. The lowest BCUT2D eigenvalue weighted by Gasteiger charge is -2.13. The van der Waals surface area contributed by atoms with Crippen LogP contribution in [0.5, 0.6) is 0 Å². The monoisotopic (exact) mass is 183 g/mol. The van der Waals surface area contributed by atoms with Gasteiger partial charge < -0.3 is 10.0 Å². The van der Waals surface area contributed by atoms with E-state index in [4.69, 9.17) is 0 Å². The molecule has 0 saturated carbocycles. The van der Waals surface area contributed by atoms with E-state index < -0.39 is 0 Å². The molecular weight excluding hydrogens is 166 g/mol. The van der Waals surface area contributed by atoms with Crippen LogP contribution in [0.2, 0.25) is 0 Å². The number of hydrogen-bond acceptors (Lipinski definition) is 3. The zero-order valence-electron chi connectivity index (χ0n) is 8.20. The number of nitrogens with one attached hydrogen (secondary N) is 1. The van der Waals surface area contributed by atoms with Crippen LogP contribution in [0.15, 0.2) is 12.3 Å². The summed E-state index contributed by atoms with van der Waals surface area (Å²) in [7, 11) is 0. The van der Waals surface area contributed by atoms with Gasteiger partial charge in [-0.3, -0.25) is 5.10 Å². The first-order valence-corrected chi connectivity index (χ1v) is 4.78. The first-order chi connectivity index (χ1) is 6.36. The molecule has 0 bridgehead atoms. The molecule has 1 fully saturated rings. The Bertz CT molecular complexity index is 223. The van der Waals surface area contributed by atoms with E-state index in [9.17, 15) is 5.11 Å². The van der Waals surface area contributed by atoms with Gasteiger partial charge in [-0.25, -0.2) is 0 Å². The first-order valence-electron chi connectivity index (χ1n) is 4.78. The molecule has 2 rings (SSSR count). The molecule has 2 heterocycles. The summed E-state index contributed by atoms with van der Waals surface area (Å²) in [5, 5.41) is 15.9. The molecule has 0 aromatic carbocycles. The molecule has 0 aliphatic carbocycles. The third-order valence-corrected chi connectivity index (χ3v) is 1.99. The Balaban J connectivity index is 0.000000396. The first kappa shape index (κ1) is 10.1. The van der Waals surface area contributed by atoms with Crippen molar-refractivity contribution in [2.75, 3.05) is 18.0 Å². The van der Waals surface area contributed by atoms with Gasteiger partial charge >= 0.3 is 0 Å². The molecule has 4 heteroatoms. The van der Waals surface area contributed by atoms with E-state index in [2.05, 4.69) is 15.1 Å². The highest BCUT2D eigenvalue weighted by molar-refractivity contribution is 5.37. The lowest BCUT2D eigenvalue weighted by atomic mass is 10.3. The zero-order chi connectivity index (χ0) is 9.68. The van der Waals surface area contributed by atoms with Crippen LogP contribution in [0.1, 0.15) is 20.3 Å².